The molecule has 0 aliphatic carbocycles. The van der Waals surface area contributed by atoms with Gasteiger partial charge < -0.3 is 16.0 Å². The Kier molecular flexibility index (Phi) is 6.68. The van der Waals surface area contributed by atoms with Crippen LogP contribution < -0.4 is 21.5 Å². The van der Waals surface area contributed by atoms with Crippen LogP contribution in [0.1, 0.15) is 23.2 Å². The molecule has 1 aromatic heterocycles. The number of aryl methyl sites for hydroxylation is 1. The molecule has 0 spiro atoms. The molecule has 11 heteroatoms. The topological polar surface area (TPSA) is 135 Å². The molecule has 0 radical (unpaired) electrons. The molecule has 10 nitrogen and oxygen atoms in total. The SMILES string of the molecule is CSCCC1NC(=O)c2cc(NC(=O)CCn3nnc4ccccc4c3=O)ccc2NC1=O. The summed E-state index contributed by atoms with van der Waals surface area (Å²) in [5, 5.41) is 16.5. The molecule has 1 aliphatic heterocycles. The number of carbonyl (C=O) groups is 3. The molecule has 0 bridgehead atoms. The standard InChI is InChI=1S/C22H22N6O4S/c1-33-11-9-18-21(31)24-16-7-6-13(12-15(16)20(30)25-18)23-19(29)8-10-28-22(32)14-4-2-3-5-17(14)26-27-28/h2-7,12,18H,8-11H2,1H3,(H,23,29)(H,24,31)(H,25,30). The first-order chi connectivity index (χ1) is 16.0. The van der Waals surface area contributed by atoms with E-state index in [4.69, 9.17) is 0 Å². The van der Waals surface area contributed by atoms with Crippen LogP contribution in [-0.4, -0.2) is 50.8 Å². The molecular formula is C22H22N6O4S. The Morgan fingerprint density at radius 1 is 1.18 bits per heavy atom. The second kappa shape index (κ2) is 9.82. The van der Waals surface area contributed by atoms with Crippen molar-refractivity contribution in [2.45, 2.75) is 25.4 Å². The van der Waals surface area contributed by atoms with Crippen molar-refractivity contribution in [2.24, 2.45) is 0 Å². The number of fused-ring (bicyclic) bond motifs is 2. The third kappa shape index (κ3) is 5.03. The van der Waals surface area contributed by atoms with E-state index in [1.807, 2.05) is 6.26 Å². The second-order valence-corrected chi connectivity index (χ2v) is 8.48. The van der Waals surface area contributed by atoms with Crippen LogP contribution in [0.5, 0.6) is 0 Å². The molecule has 2 aromatic carbocycles. The Hall–Kier alpha value is -3.73. The van der Waals surface area contributed by atoms with Gasteiger partial charge in [0.15, 0.2) is 0 Å². The maximum absolute atomic E-state index is 12.6. The predicted octanol–water partition coefficient (Wildman–Crippen LogP) is 1.62. The first kappa shape index (κ1) is 22.5. The molecule has 170 valence electrons. The lowest BCUT2D eigenvalue weighted by atomic mass is 10.1. The number of hydrogen-bond donors (Lipinski definition) is 3. The Morgan fingerprint density at radius 2 is 2.00 bits per heavy atom. The van der Waals surface area contributed by atoms with Crippen LogP contribution in [-0.2, 0) is 16.1 Å². The Labute approximate surface area is 193 Å². The number of nitrogens with one attached hydrogen (secondary N) is 3. The lowest BCUT2D eigenvalue weighted by Crippen LogP contribution is -2.41. The zero-order valence-electron chi connectivity index (χ0n) is 17.8. The quantitative estimate of drug-likeness (QED) is 0.482. The van der Waals surface area contributed by atoms with Gasteiger partial charge in [-0.15, -0.1) is 5.10 Å². The molecule has 0 fully saturated rings. The highest BCUT2D eigenvalue weighted by molar-refractivity contribution is 7.98. The van der Waals surface area contributed by atoms with Crippen molar-refractivity contribution in [3.8, 4) is 0 Å². The van der Waals surface area contributed by atoms with E-state index in [0.29, 0.717) is 28.7 Å². The van der Waals surface area contributed by atoms with Gasteiger partial charge in [-0.1, -0.05) is 17.3 Å². The van der Waals surface area contributed by atoms with Crippen LogP contribution >= 0.6 is 11.8 Å². The molecule has 1 aliphatic rings. The average molecular weight is 467 g/mol. The number of carbonyl (C=O) groups excluding carboxylic acids is 3. The van der Waals surface area contributed by atoms with Gasteiger partial charge in [-0.05, 0) is 48.8 Å². The number of amides is 3. The van der Waals surface area contributed by atoms with Crippen molar-refractivity contribution in [1.82, 2.24) is 20.3 Å². The van der Waals surface area contributed by atoms with Gasteiger partial charge in [0.2, 0.25) is 11.8 Å². The van der Waals surface area contributed by atoms with E-state index >= 15 is 0 Å². The number of thioether (sulfide) groups is 1. The van der Waals surface area contributed by atoms with E-state index in [1.165, 1.54) is 6.07 Å². The van der Waals surface area contributed by atoms with Gasteiger partial charge in [-0.2, -0.15) is 11.8 Å². The van der Waals surface area contributed by atoms with E-state index in [0.717, 1.165) is 10.4 Å². The van der Waals surface area contributed by atoms with Crippen LogP contribution in [0.4, 0.5) is 11.4 Å². The molecule has 0 saturated heterocycles. The van der Waals surface area contributed by atoms with Crippen LogP contribution in [0, 0.1) is 0 Å². The van der Waals surface area contributed by atoms with E-state index < -0.39 is 6.04 Å². The second-order valence-electron chi connectivity index (χ2n) is 7.49. The summed E-state index contributed by atoms with van der Waals surface area (Å²) in [4.78, 5) is 50.0. The minimum absolute atomic E-state index is 0.0102. The summed E-state index contributed by atoms with van der Waals surface area (Å²) in [6.45, 7) is 0.0567. The summed E-state index contributed by atoms with van der Waals surface area (Å²) in [6.07, 6.45) is 2.44. The third-order valence-electron chi connectivity index (χ3n) is 5.22. The van der Waals surface area contributed by atoms with E-state index in [9.17, 15) is 19.2 Å². The third-order valence-corrected chi connectivity index (χ3v) is 5.86. The monoisotopic (exact) mass is 466 g/mol. The Morgan fingerprint density at radius 3 is 2.82 bits per heavy atom. The maximum atomic E-state index is 12.6. The van der Waals surface area contributed by atoms with Crippen LogP contribution in [0.3, 0.4) is 0 Å². The summed E-state index contributed by atoms with van der Waals surface area (Å²) < 4.78 is 1.15. The van der Waals surface area contributed by atoms with Crippen molar-refractivity contribution < 1.29 is 14.4 Å². The summed E-state index contributed by atoms with van der Waals surface area (Å²) in [7, 11) is 0. The molecular weight excluding hydrogens is 444 g/mol. The van der Waals surface area contributed by atoms with Crippen molar-refractivity contribution in [3.05, 3.63) is 58.4 Å². The molecule has 3 aromatic rings. The lowest BCUT2D eigenvalue weighted by Gasteiger charge is -2.13. The Balaban J connectivity index is 1.43. The number of anilines is 2. The summed E-state index contributed by atoms with van der Waals surface area (Å²) in [5.74, 6) is -0.271. The van der Waals surface area contributed by atoms with Gasteiger partial charge in [0.05, 0.1) is 23.2 Å². The predicted molar refractivity (Wildman–Crippen MR) is 126 cm³/mol. The lowest BCUT2D eigenvalue weighted by molar-refractivity contribution is -0.118. The number of hydrogen-bond acceptors (Lipinski definition) is 7. The highest BCUT2D eigenvalue weighted by Crippen LogP contribution is 2.24. The molecule has 3 N–H and O–H groups in total. The molecule has 1 atom stereocenters. The summed E-state index contributed by atoms with van der Waals surface area (Å²) in [5.41, 5.74) is 1.24. The average Bonchev–Trinajstić information content (AvgIpc) is 2.93. The molecule has 1 unspecified atom stereocenters. The van der Waals surface area contributed by atoms with Crippen LogP contribution in [0.2, 0.25) is 0 Å². The normalized spacial score (nSPS) is 15.4. The zero-order chi connectivity index (χ0) is 23.4. The van der Waals surface area contributed by atoms with E-state index in [2.05, 4.69) is 26.3 Å². The van der Waals surface area contributed by atoms with Gasteiger partial charge in [-0.3, -0.25) is 19.2 Å². The van der Waals surface area contributed by atoms with Gasteiger partial charge in [0.25, 0.3) is 11.5 Å². The van der Waals surface area contributed by atoms with Crippen molar-refractivity contribution in [3.63, 3.8) is 0 Å². The molecule has 0 saturated carbocycles. The first-order valence-electron chi connectivity index (χ1n) is 10.3. The highest BCUT2D eigenvalue weighted by Gasteiger charge is 2.27. The van der Waals surface area contributed by atoms with E-state index in [1.54, 1.807) is 48.2 Å². The number of aromatic nitrogens is 3. The van der Waals surface area contributed by atoms with Crippen LogP contribution in [0.25, 0.3) is 10.9 Å². The molecule has 4 rings (SSSR count). The van der Waals surface area contributed by atoms with Gasteiger partial charge >= 0.3 is 0 Å². The fraction of sp³-hybridized carbons (Fsp3) is 0.273. The number of nitrogens with zero attached hydrogens (tertiary/aromatic N) is 3. The summed E-state index contributed by atoms with van der Waals surface area (Å²) >= 11 is 1.59. The highest BCUT2D eigenvalue weighted by atomic mass is 32.2. The smallest absolute Gasteiger partial charge is 0.277 e. The summed E-state index contributed by atoms with van der Waals surface area (Å²) in [6, 6.07) is 11.0. The first-order valence-corrected chi connectivity index (χ1v) is 11.7. The fourth-order valence-corrected chi connectivity index (χ4v) is 3.95. The van der Waals surface area contributed by atoms with Crippen molar-refractivity contribution >= 4 is 51.8 Å². The van der Waals surface area contributed by atoms with Gasteiger partial charge in [0.1, 0.15) is 11.6 Å². The van der Waals surface area contributed by atoms with Crippen molar-refractivity contribution in [2.75, 3.05) is 22.6 Å². The minimum Gasteiger partial charge on any atom is -0.340 e. The molecule has 3 amide bonds. The largest absolute Gasteiger partial charge is 0.340 e. The molecule has 33 heavy (non-hydrogen) atoms. The van der Waals surface area contributed by atoms with Crippen molar-refractivity contribution in [1.29, 1.82) is 0 Å². The Bertz CT molecular complexity index is 1290. The fourth-order valence-electron chi connectivity index (χ4n) is 3.48. The minimum atomic E-state index is -0.614. The number of rotatable bonds is 7. The van der Waals surface area contributed by atoms with Gasteiger partial charge in [-0.25, -0.2) is 4.68 Å². The van der Waals surface area contributed by atoms with E-state index in [-0.39, 0.29) is 41.8 Å². The zero-order valence-corrected chi connectivity index (χ0v) is 18.6. The number of benzene rings is 2. The maximum Gasteiger partial charge on any atom is 0.277 e. The van der Waals surface area contributed by atoms with Gasteiger partial charge in [0, 0.05) is 12.1 Å². The molecule has 2 heterocycles. The van der Waals surface area contributed by atoms with Crippen LogP contribution in [0.15, 0.2) is 47.3 Å².